The van der Waals surface area contributed by atoms with Crippen LogP contribution in [0.3, 0.4) is 0 Å². The summed E-state index contributed by atoms with van der Waals surface area (Å²) in [6.45, 7) is 5.87. The number of aliphatic hydroxyl groups is 1. The van der Waals surface area contributed by atoms with E-state index in [9.17, 15) is 5.11 Å². The van der Waals surface area contributed by atoms with Crippen molar-refractivity contribution in [2.45, 2.75) is 18.4 Å². The molecule has 1 aromatic carbocycles. The summed E-state index contributed by atoms with van der Waals surface area (Å²) in [5, 5.41) is 9.24. The van der Waals surface area contributed by atoms with E-state index in [1.165, 1.54) is 0 Å². The highest BCUT2D eigenvalue weighted by Crippen LogP contribution is 2.23. The third-order valence-corrected chi connectivity index (χ3v) is 5.00. The molecule has 1 aromatic heterocycles. The van der Waals surface area contributed by atoms with Crippen molar-refractivity contribution in [3.63, 3.8) is 0 Å². The third-order valence-electron chi connectivity index (χ3n) is 3.88. The van der Waals surface area contributed by atoms with Crippen LogP contribution in [-0.2, 0) is 20.8 Å². The monoisotopic (exact) mass is 407 g/mol. The first-order valence-electron chi connectivity index (χ1n) is 9.40. The van der Waals surface area contributed by atoms with Crippen LogP contribution in [0.25, 0.3) is 0 Å². The Bertz CT molecular complexity index is 656. The van der Waals surface area contributed by atoms with E-state index < -0.39 is 0 Å². The van der Waals surface area contributed by atoms with Crippen LogP contribution in [0.4, 0.5) is 0 Å². The molecule has 0 unspecified atom stereocenters. The number of aromatic nitrogens is 1. The van der Waals surface area contributed by atoms with Gasteiger partial charge < -0.3 is 24.1 Å². The molecule has 1 N–H and O–H groups in total. The Morgan fingerprint density at radius 3 is 2.18 bits per heavy atom. The van der Waals surface area contributed by atoms with Gasteiger partial charge in [-0.25, -0.2) is 0 Å². The Morgan fingerprint density at radius 2 is 1.50 bits per heavy atom. The fourth-order valence-corrected chi connectivity index (χ4v) is 3.27. The zero-order chi connectivity index (χ0) is 19.9. The first kappa shape index (κ1) is 22.6. The van der Waals surface area contributed by atoms with Crippen molar-refractivity contribution >= 4 is 11.8 Å². The fraction of sp³-hybridized carbons (Fsp3) is 0.476. The van der Waals surface area contributed by atoms with E-state index in [-0.39, 0.29) is 6.61 Å². The molecule has 0 aliphatic carbocycles. The molecule has 0 saturated heterocycles. The molecule has 0 aliphatic rings. The summed E-state index contributed by atoms with van der Waals surface area (Å²) < 4.78 is 22.1. The zero-order valence-corrected chi connectivity index (χ0v) is 17.2. The number of rotatable bonds is 15. The van der Waals surface area contributed by atoms with Crippen LogP contribution < -0.4 is 4.74 Å². The van der Waals surface area contributed by atoms with E-state index in [1.54, 1.807) is 18.0 Å². The molecule has 6 nitrogen and oxygen atoms in total. The SMILES string of the molecule is Cc1c(SCCOCCOCCOCCOc2ccccc2)ccnc1CO. The second kappa shape index (κ2) is 14.4. The van der Waals surface area contributed by atoms with Crippen LogP contribution in [0, 0.1) is 6.92 Å². The van der Waals surface area contributed by atoms with Gasteiger partial charge in [-0.15, -0.1) is 11.8 Å². The number of thioether (sulfide) groups is 1. The fourth-order valence-electron chi connectivity index (χ4n) is 2.36. The van der Waals surface area contributed by atoms with Crippen molar-refractivity contribution < 1.29 is 24.1 Å². The summed E-state index contributed by atoms with van der Waals surface area (Å²) in [5.41, 5.74) is 1.76. The highest BCUT2D eigenvalue weighted by atomic mass is 32.2. The van der Waals surface area contributed by atoms with Crippen LogP contribution in [0.1, 0.15) is 11.3 Å². The Hall–Kier alpha value is -1.64. The van der Waals surface area contributed by atoms with E-state index >= 15 is 0 Å². The van der Waals surface area contributed by atoms with E-state index in [0.717, 1.165) is 27.7 Å². The molecule has 0 amide bonds. The van der Waals surface area contributed by atoms with Gasteiger partial charge in [-0.1, -0.05) is 18.2 Å². The maximum absolute atomic E-state index is 9.24. The molecule has 28 heavy (non-hydrogen) atoms. The maximum Gasteiger partial charge on any atom is 0.119 e. The van der Waals surface area contributed by atoms with E-state index in [2.05, 4.69) is 4.98 Å². The van der Waals surface area contributed by atoms with E-state index in [0.29, 0.717) is 46.2 Å². The maximum atomic E-state index is 9.24. The number of nitrogens with zero attached hydrogens (tertiary/aromatic N) is 1. The lowest BCUT2D eigenvalue weighted by Gasteiger charge is -2.09. The summed E-state index contributed by atoms with van der Waals surface area (Å²) in [6, 6.07) is 11.7. The van der Waals surface area contributed by atoms with Crippen LogP contribution in [0.2, 0.25) is 0 Å². The van der Waals surface area contributed by atoms with Crippen LogP contribution >= 0.6 is 11.8 Å². The lowest BCUT2D eigenvalue weighted by molar-refractivity contribution is 0.0118. The molecule has 0 aliphatic heterocycles. The molecule has 0 saturated carbocycles. The molecule has 7 heteroatoms. The van der Waals surface area contributed by atoms with Crippen molar-refractivity contribution in [2.24, 2.45) is 0 Å². The predicted molar refractivity (Wildman–Crippen MR) is 110 cm³/mol. The second-order valence-electron chi connectivity index (χ2n) is 5.89. The zero-order valence-electron chi connectivity index (χ0n) is 16.3. The smallest absolute Gasteiger partial charge is 0.119 e. The van der Waals surface area contributed by atoms with E-state index in [4.69, 9.17) is 18.9 Å². The Kier molecular flexibility index (Phi) is 11.6. The molecule has 0 atom stereocenters. The number of ether oxygens (including phenoxy) is 4. The number of para-hydroxylation sites is 1. The number of hydrogen-bond acceptors (Lipinski definition) is 7. The van der Waals surface area contributed by atoms with E-state index in [1.807, 2.05) is 43.3 Å². The van der Waals surface area contributed by atoms with Gasteiger partial charge in [0, 0.05) is 16.8 Å². The van der Waals surface area contributed by atoms with Gasteiger partial charge in [0.1, 0.15) is 12.4 Å². The average Bonchev–Trinajstić information content (AvgIpc) is 2.73. The highest BCUT2D eigenvalue weighted by Gasteiger charge is 2.04. The molecule has 0 fully saturated rings. The quantitative estimate of drug-likeness (QED) is 0.359. The first-order valence-corrected chi connectivity index (χ1v) is 10.4. The molecule has 1 heterocycles. The summed E-state index contributed by atoms with van der Waals surface area (Å²) in [7, 11) is 0. The molecule has 0 radical (unpaired) electrons. The Labute approximate surface area is 171 Å². The molecule has 154 valence electrons. The molecule has 2 aromatic rings. The summed E-state index contributed by atoms with van der Waals surface area (Å²) in [5.74, 6) is 1.70. The largest absolute Gasteiger partial charge is 0.491 e. The predicted octanol–water partition coefficient (Wildman–Crippen LogP) is 3.10. The van der Waals surface area contributed by atoms with Gasteiger partial charge >= 0.3 is 0 Å². The first-order chi connectivity index (χ1) is 13.8. The van der Waals surface area contributed by atoms with Crippen LogP contribution in [0.15, 0.2) is 47.5 Å². The molecular weight excluding hydrogens is 378 g/mol. The normalized spacial score (nSPS) is 10.9. The molecular formula is C21H29NO5S. The van der Waals surface area contributed by atoms with Gasteiger partial charge in [0.25, 0.3) is 0 Å². The minimum Gasteiger partial charge on any atom is -0.491 e. The second-order valence-corrected chi connectivity index (χ2v) is 7.02. The average molecular weight is 408 g/mol. The molecule has 0 spiro atoms. The third kappa shape index (κ3) is 9.03. The number of hydrogen-bond donors (Lipinski definition) is 1. The van der Waals surface area contributed by atoms with Gasteiger partial charge in [-0.05, 0) is 30.7 Å². The number of pyridine rings is 1. The summed E-state index contributed by atoms with van der Waals surface area (Å²) in [6.07, 6.45) is 1.73. The Morgan fingerprint density at radius 1 is 0.857 bits per heavy atom. The van der Waals surface area contributed by atoms with Gasteiger partial charge in [0.05, 0.1) is 51.9 Å². The minimum absolute atomic E-state index is 0.0299. The van der Waals surface area contributed by atoms with Crippen LogP contribution in [-0.4, -0.2) is 62.1 Å². The topological polar surface area (TPSA) is 70.0 Å². The van der Waals surface area contributed by atoms with Crippen molar-refractivity contribution in [3.05, 3.63) is 53.9 Å². The number of aliphatic hydroxyl groups excluding tert-OH is 1. The van der Waals surface area contributed by atoms with Crippen molar-refractivity contribution in [2.75, 3.05) is 52.0 Å². The number of benzene rings is 1. The summed E-state index contributed by atoms with van der Waals surface area (Å²) in [4.78, 5) is 5.28. The standard InChI is InChI=1S/C21H29NO5S/c1-18-20(17-23)22-8-7-21(18)28-16-15-26-12-11-24-9-10-25-13-14-27-19-5-3-2-4-6-19/h2-8,23H,9-17H2,1H3. The summed E-state index contributed by atoms with van der Waals surface area (Å²) >= 11 is 1.71. The van der Waals surface area contributed by atoms with Gasteiger partial charge in [-0.2, -0.15) is 0 Å². The molecule has 0 bridgehead atoms. The van der Waals surface area contributed by atoms with Crippen molar-refractivity contribution in [3.8, 4) is 5.75 Å². The van der Waals surface area contributed by atoms with Crippen molar-refractivity contribution in [1.82, 2.24) is 4.98 Å². The minimum atomic E-state index is -0.0299. The Balaban J connectivity index is 1.37. The lowest BCUT2D eigenvalue weighted by atomic mass is 10.2. The molecule has 2 rings (SSSR count). The van der Waals surface area contributed by atoms with Gasteiger partial charge in [0.2, 0.25) is 0 Å². The van der Waals surface area contributed by atoms with Crippen molar-refractivity contribution in [1.29, 1.82) is 0 Å². The van der Waals surface area contributed by atoms with Gasteiger partial charge in [0.15, 0.2) is 0 Å². The lowest BCUT2D eigenvalue weighted by Crippen LogP contribution is -2.13. The highest BCUT2D eigenvalue weighted by molar-refractivity contribution is 7.99. The van der Waals surface area contributed by atoms with Crippen LogP contribution in [0.5, 0.6) is 5.75 Å². The van der Waals surface area contributed by atoms with Gasteiger partial charge in [-0.3, -0.25) is 4.98 Å².